The average Bonchev–Trinajstić information content (AvgIpc) is 3.77. The highest BCUT2D eigenvalue weighted by molar-refractivity contribution is 5.74. The third-order valence-corrected chi connectivity index (χ3v) is 21.2. The molecule has 2 aliphatic heterocycles. The highest BCUT2D eigenvalue weighted by Gasteiger charge is 2.67. The fourth-order valence-corrected chi connectivity index (χ4v) is 16.7. The van der Waals surface area contributed by atoms with E-state index in [9.17, 15) is 50.1 Å². The van der Waals surface area contributed by atoms with Gasteiger partial charge in [0.2, 0.25) is 5.91 Å². The van der Waals surface area contributed by atoms with E-state index in [1.165, 1.54) is 21.0 Å². The van der Waals surface area contributed by atoms with Crippen molar-refractivity contribution in [1.82, 2.24) is 5.32 Å². The number of esters is 2. The average molecular weight is 1100 g/mol. The monoisotopic (exact) mass is 1090 g/mol. The Morgan fingerprint density at radius 3 is 2.21 bits per heavy atom. The summed E-state index contributed by atoms with van der Waals surface area (Å²) in [6.45, 7) is 10.7. The summed E-state index contributed by atoms with van der Waals surface area (Å²) in [4.78, 5) is 53.6. The molecule has 0 spiro atoms. The first kappa shape index (κ1) is 60.5. The van der Waals surface area contributed by atoms with Crippen LogP contribution in [-0.4, -0.2) is 171 Å². The zero-order chi connectivity index (χ0) is 55.8. The number of hydrogen-bond acceptors (Lipinski definition) is 18. The molecule has 26 atom stereocenters. The fourth-order valence-electron chi connectivity index (χ4n) is 16.7. The van der Waals surface area contributed by atoms with Crippen molar-refractivity contribution in [2.75, 3.05) is 13.7 Å². The molecule has 10 N–H and O–H groups in total. The second-order valence-corrected chi connectivity index (χ2v) is 25.5. The van der Waals surface area contributed by atoms with E-state index in [0.29, 0.717) is 25.7 Å². The maximum Gasteiger partial charge on any atom is 0.332 e. The predicted molar refractivity (Wildman–Crippen MR) is 276 cm³/mol. The maximum absolute atomic E-state index is 15.4. The molecule has 1 amide bonds. The van der Waals surface area contributed by atoms with Gasteiger partial charge in [0.15, 0.2) is 18.7 Å². The number of aliphatic carboxylic acids is 1. The molecule has 0 radical (unpaired) electrons. The Morgan fingerprint density at radius 1 is 0.818 bits per heavy atom. The lowest BCUT2D eigenvalue weighted by atomic mass is 9.43. The van der Waals surface area contributed by atoms with Crippen molar-refractivity contribution in [2.24, 2.45) is 69.8 Å². The summed E-state index contributed by atoms with van der Waals surface area (Å²) in [6.07, 6.45) is -5.94. The standard InChI is InChI=1S/C57H94N2O18/c1-8-31-21-32(53(70)74-38-24-33-23-34(58)18-19-56(33,5)37-25-42(62)57(6)35(15-16-36(57)44(37)38)27(2)14-17-43(63)71-7)22-39(50(31)77-55-49(67)48(66)46(64)28(3)72-55)75-54-45(59-29(4)61)51(47(65)41(26-60)76-54)73-40(52(68)69)20-30-12-10-9-11-13-30/h27-28,30-42,44-51,54-55,60,62,64-67H,8-26,58H2,1-7H3,(H,59,61)(H,68,69)/t27-,28+,31-,32?,33+,34+,35-,36+,37+,38-,39-,40+,41+,42+,44+,45?,46?,47+,48+,49+,50?,51?,54-,55?,56+,57-/m1/s1. The van der Waals surface area contributed by atoms with Crippen molar-refractivity contribution in [3.8, 4) is 0 Å². The minimum atomic E-state index is -1.69. The van der Waals surface area contributed by atoms with Gasteiger partial charge in [-0.25, -0.2) is 4.79 Å². The quantitative estimate of drug-likeness (QED) is 0.0888. The number of hydrogen-bond donors (Lipinski definition) is 9. The van der Waals surface area contributed by atoms with Crippen molar-refractivity contribution in [2.45, 2.75) is 255 Å². The van der Waals surface area contributed by atoms with Gasteiger partial charge < -0.3 is 80.0 Å². The molecule has 8 aliphatic rings. The third-order valence-electron chi connectivity index (χ3n) is 21.2. The number of ether oxygens (including phenoxy) is 7. The Labute approximate surface area is 454 Å². The number of nitrogens with one attached hydrogen (secondary N) is 1. The normalized spacial score (nSPS) is 46.1. The summed E-state index contributed by atoms with van der Waals surface area (Å²) < 4.78 is 44.1. The number of aliphatic hydroxyl groups is 6. The summed E-state index contributed by atoms with van der Waals surface area (Å²) in [5.41, 5.74) is 6.05. The largest absolute Gasteiger partial charge is 0.479 e. The molecule has 0 aromatic heterocycles. The van der Waals surface area contributed by atoms with Crippen molar-refractivity contribution in [3.63, 3.8) is 0 Å². The van der Waals surface area contributed by atoms with Gasteiger partial charge in [0.05, 0.1) is 44.1 Å². The Morgan fingerprint density at radius 2 is 1.55 bits per heavy atom. The van der Waals surface area contributed by atoms with E-state index in [4.69, 9.17) is 38.9 Å². The van der Waals surface area contributed by atoms with Crippen LogP contribution in [0, 0.1) is 64.1 Å². The molecule has 20 nitrogen and oxygen atoms in total. The molecular weight excluding hydrogens is 1000 g/mol. The molecule has 6 aliphatic carbocycles. The van der Waals surface area contributed by atoms with E-state index in [1.54, 1.807) is 0 Å². The summed E-state index contributed by atoms with van der Waals surface area (Å²) in [5.74, 6) is -3.36. The van der Waals surface area contributed by atoms with Gasteiger partial charge >= 0.3 is 17.9 Å². The second-order valence-electron chi connectivity index (χ2n) is 25.5. The number of carboxylic acid groups (broad SMARTS) is 1. The molecule has 440 valence electrons. The van der Waals surface area contributed by atoms with Crippen molar-refractivity contribution in [1.29, 1.82) is 0 Å². The van der Waals surface area contributed by atoms with Crippen LogP contribution in [0.2, 0.25) is 0 Å². The molecule has 2 heterocycles. The lowest BCUT2D eigenvalue weighted by Gasteiger charge is -2.64. The first-order valence-corrected chi connectivity index (χ1v) is 29.3. The van der Waals surface area contributed by atoms with Crippen LogP contribution in [0.3, 0.4) is 0 Å². The minimum Gasteiger partial charge on any atom is -0.479 e. The van der Waals surface area contributed by atoms with E-state index < -0.39 is 134 Å². The highest BCUT2D eigenvalue weighted by atomic mass is 16.7. The van der Waals surface area contributed by atoms with E-state index >= 15 is 4.79 Å². The summed E-state index contributed by atoms with van der Waals surface area (Å²) in [7, 11) is 1.39. The van der Waals surface area contributed by atoms with Gasteiger partial charge in [-0.3, -0.25) is 14.4 Å². The van der Waals surface area contributed by atoms with Crippen LogP contribution in [0.25, 0.3) is 0 Å². The summed E-state index contributed by atoms with van der Waals surface area (Å²) >= 11 is 0. The van der Waals surface area contributed by atoms with Crippen molar-refractivity contribution in [3.05, 3.63) is 0 Å². The molecule has 0 aromatic carbocycles. The van der Waals surface area contributed by atoms with Crippen LogP contribution in [0.1, 0.15) is 157 Å². The van der Waals surface area contributed by atoms with Crippen LogP contribution in [0.5, 0.6) is 0 Å². The third kappa shape index (κ3) is 12.4. The summed E-state index contributed by atoms with van der Waals surface area (Å²) in [5, 5.41) is 80.9. The molecule has 6 unspecified atom stereocenters. The number of aliphatic hydroxyl groups excluding tert-OH is 6. The zero-order valence-electron chi connectivity index (χ0n) is 46.6. The molecular formula is C57H94N2O18. The Balaban J connectivity index is 1.11. The number of amides is 1. The second kappa shape index (κ2) is 25.3. The molecule has 0 bridgehead atoms. The van der Waals surface area contributed by atoms with E-state index in [2.05, 4.69) is 26.1 Å². The molecule has 20 heteroatoms. The van der Waals surface area contributed by atoms with Crippen LogP contribution in [0.4, 0.5) is 0 Å². The molecule has 8 fully saturated rings. The van der Waals surface area contributed by atoms with Gasteiger partial charge in [-0.05, 0) is 130 Å². The molecule has 0 aromatic rings. The van der Waals surface area contributed by atoms with Crippen molar-refractivity contribution >= 4 is 23.8 Å². The van der Waals surface area contributed by atoms with Crippen LogP contribution in [-0.2, 0) is 52.3 Å². The van der Waals surface area contributed by atoms with Gasteiger partial charge in [0, 0.05) is 25.3 Å². The SMILES string of the molecule is CC[C@@H]1CC(C(=O)O[C@@H]2C[C@@H]3C[C@@H](N)CC[C@]3(C)[C@H]3C[C@H](O)[C@]4(C)[C@@H]([C@H](C)CCC(=O)OC)CC[C@H]4[C@H]23)C[C@@H](O[C@@H]2O[C@@H](CO)[C@H](O)C(O[C@@H](CC3CCCCC3)C(=O)O)C2NC(C)=O)C1OC1O[C@@H](C)C(O)[C@H](O)[C@@H]1O. The number of rotatable bonds is 18. The van der Waals surface area contributed by atoms with Gasteiger partial charge in [0.25, 0.3) is 0 Å². The summed E-state index contributed by atoms with van der Waals surface area (Å²) in [6, 6.07) is -1.35. The number of methoxy groups -OCH3 is 1. The minimum absolute atomic E-state index is 0.00410. The highest BCUT2D eigenvalue weighted by Crippen LogP contribution is 2.69. The van der Waals surface area contributed by atoms with Crippen LogP contribution in [0.15, 0.2) is 0 Å². The van der Waals surface area contributed by atoms with E-state index in [0.717, 1.165) is 64.2 Å². The number of nitrogens with two attached hydrogens (primary N) is 1. The van der Waals surface area contributed by atoms with Crippen LogP contribution < -0.4 is 11.1 Å². The van der Waals surface area contributed by atoms with Crippen molar-refractivity contribution < 1.29 is 88.1 Å². The first-order valence-electron chi connectivity index (χ1n) is 29.3. The van der Waals surface area contributed by atoms with Crippen LogP contribution >= 0.6 is 0 Å². The Kier molecular flexibility index (Phi) is 19.9. The van der Waals surface area contributed by atoms with E-state index in [1.807, 2.05) is 6.92 Å². The number of carbonyl (C=O) groups excluding carboxylic acids is 3. The molecule has 77 heavy (non-hydrogen) atoms. The zero-order valence-corrected chi connectivity index (χ0v) is 46.6. The molecule has 6 saturated carbocycles. The Hall–Kier alpha value is -2.60. The molecule has 2 saturated heterocycles. The fraction of sp³-hybridized carbons (Fsp3) is 0.930. The lowest BCUT2D eigenvalue weighted by Crippen LogP contribution is -2.67. The number of carboxylic acids is 1. The maximum atomic E-state index is 15.4. The predicted octanol–water partition coefficient (Wildman–Crippen LogP) is 3.48. The van der Waals surface area contributed by atoms with Gasteiger partial charge in [-0.1, -0.05) is 66.2 Å². The topological polar surface area (TPSA) is 313 Å². The Bertz CT molecular complexity index is 2010. The number of fused-ring (bicyclic) bond motifs is 5. The lowest BCUT2D eigenvalue weighted by molar-refractivity contribution is -0.339. The van der Waals surface area contributed by atoms with Gasteiger partial charge in [-0.15, -0.1) is 0 Å². The smallest absolute Gasteiger partial charge is 0.332 e. The van der Waals surface area contributed by atoms with E-state index in [-0.39, 0.29) is 84.5 Å². The van der Waals surface area contributed by atoms with Gasteiger partial charge in [-0.2, -0.15) is 0 Å². The first-order chi connectivity index (χ1) is 36.5. The number of carbonyl (C=O) groups is 4. The molecule has 8 rings (SSSR count). The van der Waals surface area contributed by atoms with Gasteiger partial charge in [0.1, 0.15) is 48.8 Å².